The first-order valence-corrected chi connectivity index (χ1v) is 4.82. The maximum Gasteiger partial charge on any atom is 0.255 e. The maximum atomic E-state index is 11.7. The van der Waals surface area contributed by atoms with Gasteiger partial charge in [0.1, 0.15) is 6.33 Å². The Kier molecular flexibility index (Phi) is 2.67. The summed E-state index contributed by atoms with van der Waals surface area (Å²) in [5.74, 6) is 0.515. The van der Waals surface area contributed by atoms with Crippen LogP contribution in [0, 0.1) is 0 Å². The third-order valence-electron chi connectivity index (χ3n) is 2.24. The normalized spacial score (nSPS) is 12.4. The number of nitrogens with one attached hydrogen (secondary N) is 2. The van der Waals surface area contributed by atoms with Crippen LogP contribution in [0.1, 0.15) is 29.1 Å². The summed E-state index contributed by atoms with van der Waals surface area (Å²) in [7, 11) is 1.83. The number of aromatic amines is 1. The molecule has 84 valence electrons. The predicted molar refractivity (Wildman–Crippen MR) is 55.5 cm³/mol. The maximum absolute atomic E-state index is 11.7. The Morgan fingerprint density at radius 3 is 3.00 bits per heavy atom. The quantitative estimate of drug-likeness (QED) is 0.763. The van der Waals surface area contributed by atoms with Gasteiger partial charge in [0.05, 0.1) is 17.8 Å². The summed E-state index contributed by atoms with van der Waals surface area (Å²) >= 11 is 0. The van der Waals surface area contributed by atoms with E-state index in [-0.39, 0.29) is 11.9 Å². The van der Waals surface area contributed by atoms with E-state index in [2.05, 4.69) is 25.7 Å². The fourth-order valence-corrected chi connectivity index (χ4v) is 1.40. The average molecular weight is 220 g/mol. The number of hydrogen-bond acceptors (Lipinski definition) is 4. The highest BCUT2D eigenvalue weighted by atomic mass is 16.1. The van der Waals surface area contributed by atoms with Gasteiger partial charge in [-0.2, -0.15) is 5.10 Å². The summed E-state index contributed by atoms with van der Waals surface area (Å²) < 4.78 is 1.76. The molecule has 1 unspecified atom stereocenters. The van der Waals surface area contributed by atoms with Crippen molar-refractivity contribution in [1.82, 2.24) is 30.3 Å². The molecule has 0 saturated carbocycles. The molecular weight excluding hydrogens is 208 g/mol. The molecule has 2 rings (SSSR count). The zero-order valence-corrected chi connectivity index (χ0v) is 9.01. The second kappa shape index (κ2) is 4.13. The van der Waals surface area contributed by atoms with Crippen molar-refractivity contribution in [2.24, 2.45) is 7.05 Å². The molecule has 16 heavy (non-hydrogen) atoms. The zero-order valence-electron chi connectivity index (χ0n) is 9.01. The Morgan fingerprint density at radius 2 is 2.44 bits per heavy atom. The molecule has 0 aromatic carbocycles. The number of carbonyl (C=O) groups is 1. The summed E-state index contributed by atoms with van der Waals surface area (Å²) in [4.78, 5) is 11.7. The van der Waals surface area contributed by atoms with Crippen molar-refractivity contribution >= 4 is 5.91 Å². The molecule has 0 aliphatic heterocycles. The fraction of sp³-hybridized carbons (Fsp3) is 0.333. The number of rotatable bonds is 3. The predicted octanol–water partition coefficient (Wildman–Crippen LogP) is 0.0292. The van der Waals surface area contributed by atoms with Gasteiger partial charge >= 0.3 is 0 Å². The third kappa shape index (κ3) is 1.92. The van der Waals surface area contributed by atoms with Crippen molar-refractivity contribution in [3.8, 4) is 0 Å². The molecule has 0 spiro atoms. The van der Waals surface area contributed by atoms with Crippen molar-refractivity contribution in [3.05, 3.63) is 30.1 Å². The summed E-state index contributed by atoms with van der Waals surface area (Å²) in [6.07, 6.45) is 4.60. The van der Waals surface area contributed by atoms with Crippen molar-refractivity contribution < 1.29 is 4.79 Å². The lowest BCUT2D eigenvalue weighted by molar-refractivity contribution is 0.0938. The van der Waals surface area contributed by atoms with E-state index in [4.69, 9.17) is 0 Å². The Morgan fingerprint density at radius 1 is 1.62 bits per heavy atom. The van der Waals surface area contributed by atoms with Gasteiger partial charge in [-0.15, -0.1) is 10.2 Å². The molecule has 7 nitrogen and oxygen atoms in total. The van der Waals surface area contributed by atoms with Gasteiger partial charge in [-0.05, 0) is 6.92 Å². The SMILES string of the molecule is CC(NC(=O)c1cn[nH]c1)c1nncn1C. The van der Waals surface area contributed by atoms with Gasteiger partial charge < -0.3 is 9.88 Å². The Balaban J connectivity index is 2.06. The molecule has 0 aliphatic rings. The van der Waals surface area contributed by atoms with E-state index in [0.29, 0.717) is 11.4 Å². The highest BCUT2D eigenvalue weighted by Gasteiger charge is 2.15. The van der Waals surface area contributed by atoms with Crippen LogP contribution in [0.2, 0.25) is 0 Å². The van der Waals surface area contributed by atoms with Crippen LogP contribution >= 0.6 is 0 Å². The number of carbonyl (C=O) groups excluding carboxylic acids is 1. The van der Waals surface area contributed by atoms with Crippen LogP contribution in [-0.2, 0) is 7.05 Å². The standard InChI is InChI=1S/C9H12N6O/c1-6(8-14-12-5-15(8)2)13-9(16)7-3-10-11-4-7/h3-6H,1-2H3,(H,10,11)(H,13,16). The number of aromatic nitrogens is 5. The minimum atomic E-state index is -0.199. The molecule has 2 N–H and O–H groups in total. The van der Waals surface area contributed by atoms with Crippen LogP contribution in [0.15, 0.2) is 18.7 Å². The van der Waals surface area contributed by atoms with Crippen LogP contribution in [0.4, 0.5) is 0 Å². The molecule has 0 fully saturated rings. The van der Waals surface area contributed by atoms with E-state index in [9.17, 15) is 4.79 Å². The lowest BCUT2D eigenvalue weighted by Crippen LogP contribution is -2.28. The summed E-state index contributed by atoms with van der Waals surface area (Å²) in [6.45, 7) is 1.85. The third-order valence-corrected chi connectivity index (χ3v) is 2.24. The molecule has 0 saturated heterocycles. The summed E-state index contributed by atoms with van der Waals surface area (Å²) in [5.41, 5.74) is 0.494. The molecular formula is C9H12N6O. The van der Waals surface area contributed by atoms with Crippen molar-refractivity contribution in [2.45, 2.75) is 13.0 Å². The molecule has 2 aromatic heterocycles. The molecule has 0 aliphatic carbocycles. The number of nitrogens with zero attached hydrogens (tertiary/aromatic N) is 4. The van der Waals surface area contributed by atoms with Crippen LogP contribution in [0.25, 0.3) is 0 Å². The van der Waals surface area contributed by atoms with E-state index in [1.54, 1.807) is 17.1 Å². The first-order chi connectivity index (χ1) is 7.68. The van der Waals surface area contributed by atoms with Crippen molar-refractivity contribution in [3.63, 3.8) is 0 Å². The van der Waals surface area contributed by atoms with Crippen LogP contribution in [0.3, 0.4) is 0 Å². The first-order valence-electron chi connectivity index (χ1n) is 4.82. The van der Waals surface area contributed by atoms with Gasteiger partial charge in [-0.3, -0.25) is 9.89 Å². The highest BCUT2D eigenvalue weighted by molar-refractivity contribution is 5.93. The number of amides is 1. The topological polar surface area (TPSA) is 88.5 Å². The fourth-order valence-electron chi connectivity index (χ4n) is 1.40. The average Bonchev–Trinajstić information content (AvgIpc) is 2.86. The minimum absolute atomic E-state index is 0.191. The molecule has 1 atom stereocenters. The van der Waals surface area contributed by atoms with Gasteiger partial charge in [-0.25, -0.2) is 0 Å². The number of aryl methyl sites for hydroxylation is 1. The molecule has 1 amide bonds. The van der Waals surface area contributed by atoms with Crippen molar-refractivity contribution in [1.29, 1.82) is 0 Å². The van der Waals surface area contributed by atoms with Crippen molar-refractivity contribution in [2.75, 3.05) is 0 Å². The molecule has 2 aromatic rings. The minimum Gasteiger partial charge on any atom is -0.342 e. The highest BCUT2D eigenvalue weighted by Crippen LogP contribution is 2.08. The largest absolute Gasteiger partial charge is 0.342 e. The smallest absolute Gasteiger partial charge is 0.255 e. The van der Waals surface area contributed by atoms with Crippen LogP contribution in [-0.4, -0.2) is 30.9 Å². The summed E-state index contributed by atoms with van der Waals surface area (Å²) in [5, 5.41) is 16.8. The van der Waals surface area contributed by atoms with Gasteiger partial charge in [0.2, 0.25) is 0 Å². The zero-order chi connectivity index (χ0) is 11.5. The molecule has 2 heterocycles. The lowest BCUT2D eigenvalue weighted by atomic mass is 10.2. The lowest BCUT2D eigenvalue weighted by Gasteiger charge is -2.11. The Bertz CT molecular complexity index is 474. The second-order valence-corrected chi connectivity index (χ2v) is 3.48. The summed E-state index contributed by atoms with van der Waals surface area (Å²) in [6, 6.07) is -0.199. The van der Waals surface area contributed by atoms with E-state index in [1.165, 1.54) is 6.20 Å². The first kappa shape index (κ1) is 10.3. The molecule has 7 heteroatoms. The van der Waals surface area contributed by atoms with E-state index in [0.717, 1.165) is 0 Å². The van der Waals surface area contributed by atoms with Gasteiger partial charge in [0.25, 0.3) is 5.91 Å². The Hall–Kier alpha value is -2.18. The van der Waals surface area contributed by atoms with Gasteiger partial charge in [0, 0.05) is 13.2 Å². The second-order valence-electron chi connectivity index (χ2n) is 3.48. The van der Waals surface area contributed by atoms with E-state index < -0.39 is 0 Å². The number of H-pyrrole nitrogens is 1. The number of hydrogen-bond donors (Lipinski definition) is 2. The van der Waals surface area contributed by atoms with Crippen LogP contribution in [0.5, 0.6) is 0 Å². The van der Waals surface area contributed by atoms with E-state index >= 15 is 0 Å². The van der Waals surface area contributed by atoms with Gasteiger partial charge in [0.15, 0.2) is 5.82 Å². The molecule has 0 radical (unpaired) electrons. The van der Waals surface area contributed by atoms with Gasteiger partial charge in [-0.1, -0.05) is 0 Å². The van der Waals surface area contributed by atoms with Crippen LogP contribution < -0.4 is 5.32 Å². The molecule has 0 bridgehead atoms. The Labute approximate surface area is 91.9 Å². The monoisotopic (exact) mass is 220 g/mol. The van der Waals surface area contributed by atoms with E-state index in [1.807, 2.05) is 14.0 Å².